The zero-order valence-corrected chi connectivity index (χ0v) is 28.7. The van der Waals surface area contributed by atoms with E-state index in [2.05, 4.69) is 100 Å². The van der Waals surface area contributed by atoms with E-state index in [0.29, 0.717) is 5.56 Å². The largest absolute Gasteiger partial charge is 0.454 e. The van der Waals surface area contributed by atoms with Crippen molar-refractivity contribution in [1.29, 1.82) is 0 Å². The Morgan fingerprint density at radius 2 is 1.54 bits per heavy atom. The Hall–Kier alpha value is -5.61. The van der Waals surface area contributed by atoms with Crippen LogP contribution in [0.1, 0.15) is 29.0 Å². The third-order valence-corrected chi connectivity index (χ3v) is 8.87. The number of benzene rings is 6. The third kappa shape index (κ3) is 5.27. The molecular formula is C45H31IrN3O-2. The molecule has 0 aliphatic rings. The fourth-order valence-electron chi connectivity index (χ4n) is 6.53. The molecule has 0 atom stereocenters. The van der Waals surface area contributed by atoms with Gasteiger partial charge in [0.2, 0.25) is 0 Å². The molecule has 4 heterocycles. The van der Waals surface area contributed by atoms with Crippen molar-refractivity contribution in [3.8, 4) is 22.4 Å². The summed E-state index contributed by atoms with van der Waals surface area (Å²) in [6.07, 6.45) is 1.02. The molecule has 10 aromatic rings. The molecule has 0 saturated heterocycles. The number of furan rings is 1. The van der Waals surface area contributed by atoms with Gasteiger partial charge in [0.05, 0.1) is 22.2 Å². The normalized spacial score (nSPS) is 14.8. The molecule has 0 aliphatic carbocycles. The van der Waals surface area contributed by atoms with E-state index in [1.54, 1.807) is 0 Å². The van der Waals surface area contributed by atoms with Crippen LogP contribution < -0.4 is 0 Å². The van der Waals surface area contributed by atoms with Crippen molar-refractivity contribution in [1.82, 2.24) is 14.4 Å². The molecule has 4 aromatic heterocycles. The van der Waals surface area contributed by atoms with Crippen LogP contribution in [0.2, 0.25) is 0 Å². The summed E-state index contributed by atoms with van der Waals surface area (Å²) in [6.45, 7) is -7.47. The number of pyridine rings is 2. The smallest absolute Gasteiger partial charge is 0.158 e. The maximum atomic E-state index is 7.54. The Balaban J connectivity index is 0.000000173. The first-order chi connectivity index (χ1) is 27.7. The van der Waals surface area contributed by atoms with Crippen molar-refractivity contribution in [2.45, 2.75) is 20.6 Å². The first-order valence-corrected chi connectivity index (χ1v) is 15.7. The molecule has 0 fully saturated rings. The number of fused-ring (bicyclic) bond motifs is 12. The summed E-state index contributed by atoms with van der Waals surface area (Å²) in [5, 5.41) is 5.52. The second-order valence-electron chi connectivity index (χ2n) is 11.8. The zero-order chi connectivity index (χ0) is 40.6. The van der Waals surface area contributed by atoms with Crippen LogP contribution in [0.15, 0.2) is 138 Å². The number of rotatable bonds is 2. The summed E-state index contributed by atoms with van der Waals surface area (Å²) in [5.41, 5.74) is 8.15. The van der Waals surface area contributed by atoms with Crippen LogP contribution in [0.25, 0.3) is 82.7 Å². The van der Waals surface area contributed by atoms with Crippen molar-refractivity contribution in [3.05, 3.63) is 162 Å². The topological polar surface area (TPSA) is 43.3 Å². The molecule has 0 bridgehead atoms. The summed E-state index contributed by atoms with van der Waals surface area (Å²) >= 11 is 0. The SMILES string of the molecule is [2H]C([2H])([2H])c1c[c-]c(-c2cc(C([2H])([2H])[2H])c(C([2H])([2H])[2H])cn2)cc1.[Ir].[c-]1cccc2c1c1nc3ccccc3n1c1c2ccc2c3ccc(-c4ccccc4)cc3oc21. The fraction of sp³-hybridized carbons (Fsp3) is 0.0667. The number of para-hydroxylation sites is 2. The van der Waals surface area contributed by atoms with Crippen LogP contribution in [0.3, 0.4) is 0 Å². The van der Waals surface area contributed by atoms with E-state index >= 15 is 0 Å². The van der Waals surface area contributed by atoms with Gasteiger partial charge in [-0.2, -0.15) is 0 Å². The molecule has 1 radical (unpaired) electrons. The second-order valence-corrected chi connectivity index (χ2v) is 11.8. The maximum Gasteiger partial charge on any atom is 0.158 e. The fourth-order valence-corrected chi connectivity index (χ4v) is 6.53. The van der Waals surface area contributed by atoms with Crippen LogP contribution in [0.5, 0.6) is 0 Å². The van der Waals surface area contributed by atoms with Crippen LogP contribution in [0.4, 0.5) is 0 Å². The van der Waals surface area contributed by atoms with Crippen molar-refractivity contribution >= 4 is 60.3 Å². The Kier molecular flexibility index (Phi) is 5.81. The minimum Gasteiger partial charge on any atom is -0.454 e. The third-order valence-electron chi connectivity index (χ3n) is 8.87. The predicted molar refractivity (Wildman–Crippen MR) is 202 cm³/mol. The summed E-state index contributed by atoms with van der Waals surface area (Å²) < 4.78 is 75.8. The average molecular weight is 831 g/mol. The van der Waals surface area contributed by atoms with E-state index in [4.69, 9.17) is 21.7 Å². The van der Waals surface area contributed by atoms with E-state index in [-0.39, 0.29) is 42.5 Å². The molecule has 50 heavy (non-hydrogen) atoms. The van der Waals surface area contributed by atoms with Gasteiger partial charge in [0.15, 0.2) is 5.58 Å². The molecule has 0 amide bonds. The van der Waals surface area contributed by atoms with Crippen molar-refractivity contribution in [2.75, 3.05) is 0 Å². The maximum absolute atomic E-state index is 7.54. The van der Waals surface area contributed by atoms with Gasteiger partial charge in [-0.1, -0.05) is 84.5 Å². The number of nitrogens with zero attached hydrogens (tertiary/aromatic N) is 3. The minimum absolute atomic E-state index is 0. The Bertz CT molecular complexity index is 3190. The molecule has 6 aromatic carbocycles. The van der Waals surface area contributed by atoms with Crippen LogP contribution in [0, 0.1) is 32.7 Å². The number of imidazole rings is 1. The minimum atomic E-state index is -2.61. The molecule has 0 saturated carbocycles. The molecule has 10 rings (SSSR count). The number of hydrogen-bond donors (Lipinski definition) is 0. The monoisotopic (exact) mass is 831 g/mol. The van der Waals surface area contributed by atoms with Gasteiger partial charge in [-0.3, -0.25) is 4.98 Å². The summed E-state index contributed by atoms with van der Waals surface area (Å²) in [4.78, 5) is 9.00. The van der Waals surface area contributed by atoms with Gasteiger partial charge >= 0.3 is 0 Å². The van der Waals surface area contributed by atoms with E-state index in [1.165, 1.54) is 29.8 Å². The van der Waals surface area contributed by atoms with Gasteiger partial charge < -0.3 is 13.8 Å². The molecule has 0 N–H and O–H groups in total. The second kappa shape index (κ2) is 12.7. The van der Waals surface area contributed by atoms with E-state index in [9.17, 15) is 0 Å². The molecular weight excluding hydrogens is 791 g/mol. The van der Waals surface area contributed by atoms with Crippen LogP contribution in [-0.4, -0.2) is 14.4 Å². The zero-order valence-electron chi connectivity index (χ0n) is 35.3. The molecule has 0 unspecified atom stereocenters. The number of hydrogen-bond acceptors (Lipinski definition) is 3. The van der Waals surface area contributed by atoms with Gasteiger partial charge in [-0.15, -0.1) is 65.0 Å². The molecule has 243 valence electrons. The molecule has 5 heteroatoms. The first kappa shape index (κ1) is 22.9. The molecule has 4 nitrogen and oxygen atoms in total. The van der Waals surface area contributed by atoms with Gasteiger partial charge in [0.1, 0.15) is 5.58 Å². The average Bonchev–Trinajstić information content (AvgIpc) is 3.79. The Labute approximate surface area is 316 Å². The van der Waals surface area contributed by atoms with Crippen molar-refractivity contribution in [2.24, 2.45) is 0 Å². The van der Waals surface area contributed by atoms with Gasteiger partial charge in [-0.05, 0) is 65.7 Å². The molecule has 0 aliphatic heterocycles. The van der Waals surface area contributed by atoms with Crippen LogP contribution in [-0.2, 0) is 20.1 Å². The standard InChI is InChI=1S/C31H17N2O.C14H14N.Ir/c1-2-8-19(9-3-1)20-14-15-22-24-17-16-23-21-10-4-5-11-25(21)31-32-26-12-6-7-13-27(26)33(31)29(23)30(24)34-28(22)18-20;1-10-4-6-13(7-5-10)14-8-11(2)12(3)9-15-14;/h1-10,12-18H;4-6,8-9H,1-3H3;/q2*-1;/i;1D3,2D3,3D3;. The Morgan fingerprint density at radius 3 is 2.38 bits per heavy atom. The van der Waals surface area contributed by atoms with Crippen molar-refractivity contribution < 1.29 is 36.9 Å². The van der Waals surface area contributed by atoms with Crippen LogP contribution >= 0.6 is 0 Å². The first-order valence-electron chi connectivity index (χ1n) is 20.2. The molecule has 0 spiro atoms. The quantitative estimate of drug-likeness (QED) is 0.129. The summed E-state index contributed by atoms with van der Waals surface area (Å²) in [6, 6.07) is 47.2. The van der Waals surface area contributed by atoms with Gasteiger partial charge in [0, 0.05) is 49.4 Å². The van der Waals surface area contributed by atoms with E-state index in [1.807, 2.05) is 24.3 Å². The van der Waals surface area contributed by atoms with Crippen molar-refractivity contribution in [3.63, 3.8) is 0 Å². The number of aromatic nitrogens is 3. The number of aryl methyl sites for hydroxylation is 3. The Morgan fingerprint density at radius 1 is 0.700 bits per heavy atom. The summed E-state index contributed by atoms with van der Waals surface area (Å²) in [5.74, 6) is 0. The van der Waals surface area contributed by atoms with E-state index < -0.39 is 20.6 Å². The van der Waals surface area contributed by atoms with Gasteiger partial charge in [-0.25, -0.2) is 0 Å². The van der Waals surface area contributed by atoms with Gasteiger partial charge in [0.25, 0.3) is 0 Å². The predicted octanol–water partition coefficient (Wildman–Crippen LogP) is 11.6. The summed E-state index contributed by atoms with van der Waals surface area (Å²) in [7, 11) is 0. The van der Waals surface area contributed by atoms with E-state index in [0.717, 1.165) is 72.1 Å².